The van der Waals surface area contributed by atoms with Gasteiger partial charge >= 0.3 is 0 Å². The monoisotopic (exact) mass is 405 g/mol. The fraction of sp³-hybridized carbons (Fsp3) is 0.560. The van der Waals surface area contributed by atoms with Crippen molar-refractivity contribution in [1.82, 2.24) is 14.7 Å². The largest absolute Gasteiger partial charge is 0.356 e. The van der Waals surface area contributed by atoms with Crippen LogP contribution in [0, 0.1) is 19.8 Å². The number of hydrogen-bond acceptors (Lipinski definition) is 4. The summed E-state index contributed by atoms with van der Waals surface area (Å²) in [6.45, 7) is 4.93. The molecule has 30 heavy (non-hydrogen) atoms. The summed E-state index contributed by atoms with van der Waals surface area (Å²) in [6.07, 6.45) is 9.83. The number of nitrogens with zero attached hydrogens (tertiary/aromatic N) is 3. The van der Waals surface area contributed by atoms with E-state index in [1.54, 1.807) is 0 Å². The molecular formula is C25H31N3O2. The van der Waals surface area contributed by atoms with E-state index in [4.69, 9.17) is 9.51 Å². The van der Waals surface area contributed by atoms with Crippen LogP contribution in [0.1, 0.15) is 79.2 Å². The molecule has 0 radical (unpaired) electrons. The predicted molar refractivity (Wildman–Crippen MR) is 118 cm³/mol. The molecule has 0 unspecified atom stereocenters. The second-order valence-electron chi connectivity index (χ2n) is 9.33. The van der Waals surface area contributed by atoms with Crippen molar-refractivity contribution < 1.29 is 4.52 Å². The number of aromatic nitrogens is 3. The number of rotatable bonds is 4. The van der Waals surface area contributed by atoms with Crippen molar-refractivity contribution in [1.29, 1.82) is 0 Å². The Labute approximate surface area is 177 Å². The van der Waals surface area contributed by atoms with Crippen molar-refractivity contribution in [3.8, 4) is 0 Å². The number of fused-ring (bicyclic) bond motifs is 2. The Morgan fingerprint density at radius 1 is 1.13 bits per heavy atom. The van der Waals surface area contributed by atoms with Crippen LogP contribution in [0.3, 0.4) is 0 Å². The third-order valence-electron chi connectivity index (χ3n) is 7.27. The van der Waals surface area contributed by atoms with Gasteiger partial charge in [0.2, 0.25) is 0 Å². The molecule has 5 heteroatoms. The molecule has 2 aliphatic rings. The molecule has 1 aromatic carbocycles. The molecule has 0 N–H and O–H groups in total. The molecule has 5 rings (SSSR count). The van der Waals surface area contributed by atoms with Gasteiger partial charge < -0.3 is 4.52 Å². The Bertz CT molecular complexity index is 1120. The van der Waals surface area contributed by atoms with E-state index in [-0.39, 0.29) is 5.56 Å². The van der Waals surface area contributed by atoms with Crippen LogP contribution >= 0.6 is 0 Å². The third kappa shape index (κ3) is 3.59. The van der Waals surface area contributed by atoms with Crippen LogP contribution in [-0.4, -0.2) is 14.7 Å². The van der Waals surface area contributed by atoms with Crippen LogP contribution in [0.2, 0.25) is 0 Å². The van der Waals surface area contributed by atoms with Gasteiger partial charge in [0.25, 0.3) is 5.56 Å². The van der Waals surface area contributed by atoms with Gasteiger partial charge in [0.1, 0.15) is 5.82 Å². The summed E-state index contributed by atoms with van der Waals surface area (Å²) in [5, 5.41) is 5.59. The average Bonchev–Trinajstić information content (AvgIpc) is 3.17. The van der Waals surface area contributed by atoms with Crippen molar-refractivity contribution in [3.63, 3.8) is 0 Å². The van der Waals surface area contributed by atoms with Crippen LogP contribution in [0.4, 0.5) is 0 Å². The Hall–Kier alpha value is -2.43. The van der Waals surface area contributed by atoms with Crippen LogP contribution in [0.5, 0.6) is 0 Å². The van der Waals surface area contributed by atoms with Crippen LogP contribution in [0.25, 0.3) is 11.0 Å². The van der Waals surface area contributed by atoms with Crippen LogP contribution in [0.15, 0.2) is 27.5 Å². The second kappa shape index (κ2) is 8.01. The molecule has 1 aliphatic carbocycles. The summed E-state index contributed by atoms with van der Waals surface area (Å²) >= 11 is 0. The molecule has 3 heterocycles. The zero-order valence-electron chi connectivity index (χ0n) is 18.1. The second-order valence-corrected chi connectivity index (χ2v) is 9.33. The Morgan fingerprint density at radius 2 is 1.97 bits per heavy atom. The van der Waals surface area contributed by atoms with E-state index in [1.807, 2.05) is 11.5 Å². The van der Waals surface area contributed by atoms with Crippen molar-refractivity contribution in [2.24, 2.45) is 5.92 Å². The predicted octanol–water partition coefficient (Wildman–Crippen LogP) is 5.24. The SMILES string of the molecule is Cc1ccc2c(C3CCC(CCc4c(C)nc5n(c4=O)CCCC5)CC3)noc2c1. The maximum absolute atomic E-state index is 13.0. The lowest BCUT2D eigenvalue weighted by Gasteiger charge is -2.27. The summed E-state index contributed by atoms with van der Waals surface area (Å²) in [5.74, 6) is 2.16. The zero-order chi connectivity index (χ0) is 20.7. The average molecular weight is 406 g/mol. The lowest BCUT2D eigenvalue weighted by molar-refractivity contribution is 0.301. The van der Waals surface area contributed by atoms with Gasteiger partial charge in [0.15, 0.2) is 5.58 Å². The van der Waals surface area contributed by atoms with Gasteiger partial charge in [-0.25, -0.2) is 4.98 Å². The van der Waals surface area contributed by atoms with Gasteiger partial charge in [-0.05, 0) is 88.8 Å². The summed E-state index contributed by atoms with van der Waals surface area (Å²) in [5.41, 5.74) is 5.36. The van der Waals surface area contributed by atoms with Crippen molar-refractivity contribution in [3.05, 3.63) is 56.9 Å². The first-order valence-corrected chi connectivity index (χ1v) is 11.6. The Kier molecular flexibility index (Phi) is 5.21. The van der Waals surface area contributed by atoms with Gasteiger partial charge in [0.05, 0.1) is 5.69 Å². The van der Waals surface area contributed by atoms with Crippen molar-refractivity contribution in [2.45, 2.75) is 84.1 Å². The zero-order valence-corrected chi connectivity index (χ0v) is 18.1. The Morgan fingerprint density at radius 3 is 2.80 bits per heavy atom. The highest BCUT2D eigenvalue weighted by atomic mass is 16.5. The summed E-state index contributed by atoms with van der Waals surface area (Å²) < 4.78 is 7.52. The maximum Gasteiger partial charge on any atom is 0.256 e. The molecule has 0 atom stereocenters. The van der Waals surface area contributed by atoms with E-state index in [0.717, 1.165) is 79.8 Å². The van der Waals surface area contributed by atoms with Gasteiger partial charge in [-0.2, -0.15) is 0 Å². The number of hydrogen-bond donors (Lipinski definition) is 0. The van der Waals surface area contributed by atoms with Crippen molar-refractivity contribution in [2.75, 3.05) is 0 Å². The molecule has 1 saturated carbocycles. The van der Waals surface area contributed by atoms with Crippen molar-refractivity contribution >= 4 is 11.0 Å². The standard InChI is InChI=1S/C25H31N3O2/c1-16-6-12-21-22(15-16)30-27-24(21)19-10-7-18(8-11-19)9-13-20-17(2)26-23-5-3-4-14-28(23)25(20)29/h6,12,15,18-19H,3-5,7-11,13-14H2,1-2H3. The van der Waals surface area contributed by atoms with Crippen LogP contribution in [-0.2, 0) is 19.4 Å². The van der Waals surface area contributed by atoms with Gasteiger partial charge in [-0.1, -0.05) is 11.2 Å². The molecule has 2 aromatic heterocycles. The fourth-order valence-electron chi connectivity index (χ4n) is 5.45. The van der Waals surface area contributed by atoms with E-state index in [1.165, 1.54) is 23.8 Å². The van der Waals surface area contributed by atoms with E-state index >= 15 is 0 Å². The maximum atomic E-state index is 13.0. The molecule has 3 aromatic rings. The van der Waals surface area contributed by atoms with Gasteiger partial charge in [-0.15, -0.1) is 0 Å². The molecule has 1 fully saturated rings. The minimum absolute atomic E-state index is 0.218. The van der Waals surface area contributed by atoms with Gasteiger partial charge in [-0.3, -0.25) is 9.36 Å². The fourth-order valence-corrected chi connectivity index (χ4v) is 5.45. The van der Waals surface area contributed by atoms with E-state index in [2.05, 4.69) is 30.3 Å². The lowest BCUT2D eigenvalue weighted by atomic mass is 9.78. The number of aryl methyl sites for hydroxylation is 3. The quantitative estimate of drug-likeness (QED) is 0.595. The summed E-state index contributed by atoms with van der Waals surface area (Å²) in [7, 11) is 0. The summed E-state index contributed by atoms with van der Waals surface area (Å²) in [6, 6.07) is 6.37. The summed E-state index contributed by atoms with van der Waals surface area (Å²) in [4.78, 5) is 17.7. The van der Waals surface area contributed by atoms with E-state index in [9.17, 15) is 4.79 Å². The first-order valence-electron chi connectivity index (χ1n) is 11.6. The minimum atomic E-state index is 0.218. The molecule has 5 nitrogen and oxygen atoms in total. The first kappa shape index (κ1) is 19.5. The smallest absolute Gasteiger partial charge is 0.256 e. The topological polar surface area (TPSA) is 60.9 Å². The molecule has 158 valence electrons. The highest BCUT2D eigenvalue weighted by molar-refractivity contribution is 5.80. The molecule has 0 saturated heterocycles. The van der Waals surface area contributed by atoms with E-state index in [0.29, 0.717) is 11.8 Å². The molecular weight excluding hydrogens is 374 g/mol. The van der Waals surface area contributed by atoms with Crippen LogP contribution < -0.4 is 5.56 Å². The molecule has 0 bridgehead atoms. The van der Waals surface area contributed by atoms with E-state index < -0.39 is 0 Å². The first-order chi connectivity index (χ1) is 14.6. The normalized spacial score (nSPS) is 21.7. The Balaban J connectivity index is 1.23. The highest BCUT2D eigenvalue weighted by Gasteiger charge is 2.27. The molecule has 0 amide bonds. The van der Waals surface area contributed by atoms with Gasteiger partial charge in [0, 0.05) is 35.5 Å². The lowest BCUT2D eigenvalue weighted by Crippen LogP contribution is -2.32. The highest BCUT2D eigenvalue weighted by Crippen LogP contribution is 2.39. The molecule has 0 spiro atoms. The minimum Gasteiger partial charge on any atom is -0.356 e. The molecule has 1 aliphatic heterocycles. The number of benzene rings is 1. The third-order valence-corrected chi connectivity index (χ3v) is 7.27.